The first kappa shape index (κ1) is 34.9. The number of fused-ring (bicyclic) bond motifs is 4. The number of aryl methyl sites for hydroxylation is 3. The summed E-state index contributed by atoms with van der Waals surface area (Å²) in [4.78, 5) is 5.20. The molecule has 0 unspecified atom stereocenters. The minimum Gasteiger partial charge on any atom is -0.456 e. The first-order valence-electron chi connectivity index (χ1n) is 21.3. The number of benzene rings is 4. The summed E-state index contributed by atoms with van der Waals surface area (Å²) in [5.41, 5.74) is 17.8. The van der Waals surface area contributed by atoms with Crippen LogP contribution in [0.5, 0.6) is 5.75 Å². The Balaban J connectivity index is 0.998. The van der Waals surface area contributed by atoms with E-state index in [0.29, 0.717) is 0 Å². The molecule has 57 heavy (non-hydrogen) atoms. The summed E-state index contributed by atoms with van der Waals surface area (Å²) in [5.74, 6) is 2.86. The summed E-state index contributed by atoms with van der Waals surface area (Å²) in [7, 11) is 0. The molecule has 0 bridgehead atoms. The first-order valence-corrected chi connectivity index (χ1v) is 21.7. The smallest absolute Gasteiger partial charge is 0.366 e. The van der Waals surface area contributed by atoms with Crippen molar-refractivity contribution in [3.8, 4) is 17.1 Å². The largest absolute Gasteiger partial charge is 0.456 e. The first-order chi connectivity index (χ1) is 28.2. The Kier molecular flexibility index (Phi) is 8.91. The summed E-state index contributed by atoms with van der Waals surface area (Å²) in [6.45, 7) is 4.56. The van der Waals surface area contributed by atoms with Crippen LogP contribution in [0.25, 0.3) is 39.7 Å². The van der Waals surface area contributed by atoms with Gasteiger partial charge < -0.3 is 14.5 Å². The molecule has 0 atom stereocenters. The Labute approximate surface area is 341 Å². The van der Waals surface area contributed by atoms with Gasteiger partial charge in [-0.15, -0.1) is 0 Å². The van der Waals surface area contributed by atoms with E-state index in [1.807, 2.05) is 0 Å². The van der Waals surface area contributed by atoms with Gasteiger partial charge in [-0.25, -0.2) is 4.42 Å². The zero-order valence-electron chi connectivity index (χ0n) is 32.6. The Hall–Kier alpha value is -5.32. The standard InChI is InChI=1S/C52H48ClN2O2/c53-48-36(22-24-38-32-46(34-12-3-1-4-13-34)56-51-42-20-10-28-54-26-8-18-40(49(42)54)30-44(38)51)16-7-17-37(48)23-25-39-33-47(35-14-5-2-6-15-35)57-52-43-21-11-29-55-27-9-19-41(50(43)55)31-45(39)52/h1-6,12-15,22-25,30-33H,7-11,16-21,26-29H2/q+1. The van der Waals surface area contributed by atoms with Crippen LogP contribution in [-0.4, -0.2) is 26.2 Å². The molecule has 5 aliphatic heterocycles. The van der Waals surface area contributed by atoms with Crippen molar-refractivity contribution >= 4 is 51.4 Å². The van der Waals surface area contributed by atoms with Crippen LogP contribution in [0.2, 0.25) is 0 Å². The quantitative estimate of drug-likeness (QED) is 0.166. The maximum Gasteiger partial charge on any atom is 0.366 e. The number of hydrogen-bond donors (Lipinski definition) is 0. The molecule has 0 saturated heterocycles. The monoisotopic (exact) mass is 767 g/mol. The number of halogens is 1. The molecule has 0 fully saturated rings. The number of allylic oxidation sites excluding steroid dienone is 8. The Morgan fingerprint density at radius 1 is 0.632 bits per heavy atom. The van der Waals surface area contributed by atoms with Gasteiger partial charge in [0.25, 0.3) is 0 Å². The fourth-order valence-corrected chi connectivity index (χ4v) is 10.7. The van der Waals surface area contributed by atoms with E-state index < -0.39 is 0 Å². The molecule has 284 valence electrons. The Morgan fingerprint density at radius 2 is 1.30 bits per heavy atom. The van der Waals surface area contributed by atoms with E-state index in [9.17, 15) is 0 Å². The van der Waals surface area contributed by atoms with Crippen molar-refractivity contribution in [1.82, 2.24) is 0 Å². The average molecular weight is 768 g/mol. The van der Waals surface area contributed by atoms with Crippen LogP contribution >= 0.6 is 11.6 Å². The van der Waals surface area contributed by atoms with Crippen LogP contribution in [-0.2, 0) is 25.7 Å². The molecule has 1 aromatic heterocycles. The van der Waals surface area contributed by atoms with Crippen molar-refractivity contribution in [2.45, 2.75) is 70.6 Å². The second kappa shape index (κ2) is 14.6. The highest BCUT2D eigenvalue weighted by atomic mass is 35.5. The second-order valence-electron chi connectivity index (χ2n) is 16.6. The van der Waals surface area contributed by atoms with E-state index in [4.69, 9.17) is 20.8 Å². The van der Waals surface area contributed by atoms with Gasteiger partial charge in [0, 0.05) is 59.2 Å². The fraction of sp³-hybridized carbons (Fsp3) is 0.288. The van der Waals surface area contributed by atoms with Crippen LogP contribution in [0, 0.1) is 0 Å². The third-order valence-corrected chi connectivity index (χ3v) is 13.6. The number of anilines is 2. The van der Waals surface area contributed by atoms with Crippen molar-refractivity contribution in [1.29, 1.82) is 0 Å². The number of ether oxygens (including phenoxy) is 1. The maximum atomic E-state index is 7.40. The van der Waals surface area contributed by atoms with Crippen molar-refractivity contribution < 1.29 is 9.15 Å². The van der Waals surface area contributed by atoms with Crippen LogP contribution in [0.15, 0.2) is 124 Å². The molecule has 5 aromatic rings. The SMILES string of the molecule is ClC1=C(/C=C/c2cc(-c3ccccc3)[o+]c3c4c5c(cc23)CCCN5CCC4)CCC/C1=C\C=C1/C=C(c2ccccc2)Oc2c1cc1c3c2CCCN3CCC1. The van der Waals surface area contributed by atoms with E-state index in [2.05, 4.69) is 119 Å². The third-order valence-electron chi connectivity index (χ3n) is 13.1. The normalized spacial score (nSPS) is 20.1. The maximum absolute atomic E-state index is 7.40. The zero-order chi connectivity index (χ0) is 37.9. The van der Waals surface area contributed by atoms with Gasteiger partial charge in [0.15, 0.2) is 0 Å². The summed E-state index contributed by atoms with van der Waals surface area (Å²) in [6.07, 6.45) is 23.5. The van der Waals surface area contributed by atoms with Gasteiger partial charge in [0.1, 0.15) is 11.5 Å². The lowest BCUT2D eigenvalue weighted by Gasteiger charge is -2.39. The van der Waals surface area contributed by atoms with Crippen LogP contribution in [0.3, 0.4) is 0 Å². The topological polar surface area (TPSA) is 27.0 Å². The third kappa shape index (κ3) is 6.24. The molecule has 1 aliphatic carbocycles. The molecular weight excluding hydrogens is 720 g/mol. The van der Waals surface area contributed by atoms with Gasteiger partial charge in [0.2, 0.25) is 0 Å². The Bertz CT molecular complexity index is 2590. The highest BCUT2D eigenvalue weighted by Crippen LogP contribution is 2.49. The lowest BCUT2D eigenvalue weighted by molar-refractivity contribution is 0.494. The van der Waals surface area contributed by atoms with Crippen molar-refractivity contribution in [2.24, 2.45) is 0 Å². The van der Waals surface area contributed by atoms with E-state index in [0.717, 1.165) is 110 Å². The van der Waals surface area contributed by atoms with Crippen molar-refractivity contribution in [3.63, 3.8) is 0 Å². The fourth-order valence-electron chi connectivity index (χ4n) is 10.4. The van der Waals surface area contributed by atoms with E-state index >= 15 is 0 Å². The predicted octanol–water partition coefficient (Wildman–Crippen LogP) is 12.9. The number of rotatable bonds is 5. The van der Waals surface area contributed by atoms with Crippen molar-refractivity contribution in [3.05, 3.63) is 158 Å². The highest BCUT2D eigenvalue weighted by Gasteiger charge is 2.34. The highest BCUT2D eigenvalue weighted by molar-refractivity contribution is 6.32. The molecule has 0 saturated carbocycles. The van der Waals surface area contributed by atoms with Crippen LogP contribution in [0.4, 0.5) is 11.4 Å². The molecule has 11 rings (SSSR count). The van der Waals surface area contributed by atoms with E-state index in [1.165, 1.54) is 92.5 Å². The molecule has 4 aromatic carbocycles. The van der Waals surface area contributed by atoms with Crippen LogP contribution < -0.4 is 14.5 Å². The summed E-state index contributed by atoms with van der Waals surface area (Å²) in [6, 6.07) is 28.2. The zero-order valence-corrected chi connectivity index (χ0v) is 33.3. The van der Waals surface area contributed by atoms with Crippen LogP contribution in [0.1, 0.15) is 83.9 Å². The van der Waals surface area contributed by atoms with E-state index in [-0.39, 0.29) is 0 Å². The average Bonchev–Trinajstić information content (AvgIpc) is 3.26. The van der Waals surface area contributed by atoms with Gasteiger partial charge in [-0.2, -0.15) is 0 Å². The van der Waals surface area contributed by atoms with Crippen molar-refractivity contribution in [2.75, 3.05) is 36.0 Å². The minimum absolute atomic E-state index is 0.876. The summed E-state index contributed by atoms with van der Waals surface area (Å²) < 4.78 is 13.7. The van der Waals surface area contributed by atoms with Gasteiger partial charge >= 0.3 is 11.3 Å². The van der Waals surface area contributed by atoms with Gasteiger partial charge in [-0.3, -0.25) is 0 Å². The molecule has 0 amide bonds. The minimum atomic E-state index is 0.876. The second-order valence-corrected chi connectivity index (χ2v) is 17.0. The lowest BCUT2D eigenvalue weighted by Crippen LogP contribution is -2.35. The molecule has 5 heteroatoms. The lowest BCUT2D eigenvalue weighted by atomic mass is 9.85. The molecule has 0 N–H and O–H groups in total. The predicted molar refractivity (Wildman–Crippen MR) is 237 cm³/mol. The summed E-state index contributed by atoms with van der Waals surface area (Å²) >= 11 is 7.40. The van der Waals surface area contributed by atoms with Gasteiger partial charge in [-0.05, 0) is 129 Å². The molecule has 6 aliphatic rings. The molecule has 0 spiro atoms. The molecule has 4 nitrogen and oxygen atoms in total. The number of hydrogen-bond acceptors (Lipinski definition) is 3. The molecular formula is C52H48ClN2O2+. The Morgan fingerprint density at radius 3 is 2.05 bits per heavy atom. The van der Waals surface area contributed by atoms with Gasteiger partial charge in [-0.1, -0.05) is 84.4 Å². The van der Waals surface area contributed by atoms with E-state index in [1.54, 1.807) is 0 Å². The molecule has 0 radical (unpaired) electrons. The number of nitrogens with zero attached hydrogens (tertiary/aromatic N) is 2. The van der Waals surface area contributed by atoms with Gasteiger partial charge in [0.05, 0.1) is 28.3 Å². The summed E-state index contributed by atoms with van der Waals surface area (Å²) in [5, 5.41) is 2.08. The molecule has 6 heterocycles.